The van der Waals surface area contributed by atoms with Gasteiger partial charge in [-0.1, -0.05) is 162 Å². The van der Waals surface area contributed by atoms with E-state index in [0.717, 1.165) is 50.7 Å². The van der Waals surface area contributed by atoms with Gasteiger partial charge in [0, 0.05) is 6.42 Å². The lowest BCUT2D eigenvalue weighted by molar-refractivity contribution is -0.136. The molecule has 0 amide bonds. The molecule has 3 nitrogen and oxygen atoms in total. The van der Waals surface area contributed by atoms with Crippen LogP contribution in [0.15, 0.2) is 0 Å². The third-order valence-corrected chi connectivity index (χ3v) is 8.52. The van der Waals surface area contributed by atoms with Crippen LogP contribution in [-0.2, 0) is 9.59 Å². The van der Waals surface area contributed by atoms with Crippen LogP contribution in [0.2, 0.25) is 0 Å². The van der Waals surface area contributed by atoms with E-state index in [1.54, 1.807) is 0 Å². The van der Waals surface area contributed by atoms with Crippen LogP contribution in [-0.4, -0.2) is 18.6 Å². The SMILES string of the molecule is CCCCCCCCCCCCC(C=O)(CCCN)C(=O)CCCCCCCCCCCCCCC(C)C. The van der Waals surface area contributed by atoms with E-state index in [4.69, 9.17) is 5.73 Å². The van der Waals surface area contributed by atoms with Gasteiger partial charge in [-0.05, 0) is 38.1 Å². The highest BCUT2D eigenvalue weighted by molar-refractivity contribution is 5.98. The molecule has 0 aliphatic heterocycles. The lowest BCUT2D eigenvalue weighted by Crippen LogP contribution is -2.33. The van der Waals surface area contributed by atoms with Gasteiger partial charge < -0.3 is 10.5 Å². The topological polar surface area (TPSA) is 60.2 Å². The Morgan fingerprint density at radius 2 is 1.00 bits per heavy atom. The van der Waals surface area contributed by atoms with E-state index in [0.29, 0.717) is 19.4 Å². The summed E-state index contributed by atoms with van der Waals surface area (Å²) in [5.74, 6) is 1.04. The standard InChI is InChI=1S/C35H69NO2/c1-4-5-6-7-8-9-16-19-22-25-29-35(32-37,30-26-31-36)34(38)28-24-21-18-15-13-11-10-12-14-17-20-23-27-33(2)3/h32-33H,4-31,36H2,1-3H3. The van der Waals surface area contributed by atoms with Gasteiger partial charge in [0.1, 0.15) is 12.1 Å². The molecule has 0 aromatic rings. The highest BCUT2D eigenvalue weighted by atomic mass is 16.1. The molecular weight excluding hydrogens is 466 g/mol. The number of rotatable bonds is 31. The molecule has 1 unspecified atom stereocenters. The first kappa shape index (κ1) is 37.3. The molecule has 0 aromatic carbocycles. The minimum absolute atomic E-state index is 0.185. The highest BCUT2D eigenvalue weighted by Crippen LogP contribution is 2.32. The average Bonchev–Trinajstić information content (AvgIpc) is 2.91. The number of carbonyl (C=O) groups is 2. The first-order valence-electron chi connectivity index (χ1n) is 17.2. The second kappa shape index (κ2) is 27.9. The molecule has 3 heteroatoms. The third-order valence-electron chi connectivity index (χ3n) is 8.52. The molecular formula is C35H69NO2. The molecule has 0 aliphatic rings. The Kier molecular flexibility index (Phi) is 27.3. The molecule has 0 heterocycles. The molecule has 0 aliphatic carbocycles. The predicted octanol–water partition coefficient (Wildman–Crippen LogP) is 10.9. The molecule has 0 radical (unpaired) electrons. The Balaban J connectivity index is 3.95. The van der Waals surface area contributed by atoms with Crippen LogP contribution in [0.4, 0.5) is 0 Å². The predicted molar refractivity (Wildman–Crippen MR) is 168 cm³/mol. The fourth-order valence-electron chi connectivity index (χ4n) is 5.79. The van der Waals surface area contributed by atoms with Crippen molar-refractivity contribution in [1.29, 1.82) is 0 Å². The summed E-state index contributed by atoms with van der Waals surface area (Å²) >= 11 is 0. The van der Waals surface area contributed by atoms with Crippen LogP contribution in [0, 0.1) is 11.3 Å². The van der Waals surface area contributed by atoms with Crippen molar-refractivity contribution in [3.63, 3.8) is 0 Å². The quantitative estimate of drug-likeness (QED) is 0.0545. The second-order valence-electron chi connectivity index (χ2n) is 12.7. The smallest absolute Gasteiger partial charge is 0.146 e. The van der Waals surface area contributed by atoms with Crippen LogP contribution >= 0.6 is 0 Å². The molecule has 0 fully saturated rings. The summed E-state index contributed by atoms with van der Waals surface area (Å²) < 4.78 is 0. The zero-order valence-corrected chi connectivity index (χ0v) is 26.3. The molecule has 2 N–H and O–H groups in total. The van der Waals surface area contributed by atoms with Crippen molar-refractivity contribution in [3.8, 4) is 0 Å². The van der Waals surface area contributed by atoms with Crippen molar-refractivity contribution in [1.82, 2.24) is 0 Å². The van der Waals surface area contributed by atoms with Gasteiger partial charge in [0.2, 0.25) is 0 Å². The normalized spacial score (nSPS) is 13.2. The number of Topliss-reactive ketones (excluding diaryl/α,β-unsaturated/α-hetero) is 1. The van der Waals surface area contributed by atoms with Crippen molar-refractivity contribution >= 4 is 12.1 Å². The van der Waals surface area contributed by atoms with Gasteiger partial charge in [-0.3, -0.25) is 4.79 Å². The Labute approximate surface area is 239 Å². The summed E-state index contributed by atoms with van der Waals surface area (Å²) in [6.07, 6.45) is 33.5. The molecule has 0 saturated carbocycles. The second-order valence-corrected chi connectivity index (χ2v) is 12.7. The number of carbonyl (C=O) groups excluding carboxylic acids is 2. The third kappa shape index (κ3) is 22.2. The molecule has 38 heavy (non-hydrogen) atoms. The summed E-state index contributed by atoms with van der Waals surface area (Å²) in [4.78, 5) is 25.3. The first-order chi connectivity index (χ1) is 18.5. The molecule has 0 aromatic heterocycles. The molecule has 0 saturated heterocycles. The Bertz CT molecular complexity index is 518. The van der Waals surface area contributed by atoms with E-state index >= 15 is 0 Å². The summed E-state index contributed by atoms with van der Waals surface area (Å²) in [6, 6.07) is 0. The maximum absolute atomic E-state index is 13.2. The summed E-state index contributed by atoms with van der Waals surface area (Å²) in [6.45, 7) is 7.45. The number of aldehydes is 1. The number of unbranched alkanes of at least 4 members (excludes halogenated alkanes) is 20. The van der Waals surface area contributed by atoms with Gasteiger partial charge in [-0.2, -0.15) is 0 Å². The summed E-state index contributed by atoms with van der Waals surface area (Å²) in [5, 5.41) is 0. The van der Waals surface area contributed by atoms with Crippen molar-refractivity contribution in [3.05, 3.63) is 0 Å². The van der Waals surface area contributed by atoms with Crippen LogP contribution < -0.4 is 5.73 Å². The van der Waals surface area contributed by atoms with Crippen LogP contribution in [0.1, 0.15) is 194 Å². The zero-order valence-electron chi connectivity index (χ0n) is 26.3. The minimum atomic E-state index is -0.770. The van der Waals surface area contributed by atoms with Gasteiger partial charge in [-0.15, -0.1) is 0 Å². The zero-order chi connectivity index (χ0) is 28.2. The molecule has 1 atom stereocenters. The van der Waals surface area contributed by atoms with Crippen LogP contribution in [0.5, 0.6) is 0 Å². The van der Waals surface area contributed by atoms with Crippen LogP contribution in [0.3, 0.4) is 0 Å². The number of nitrogens with two attached hydrogens (primary N) is 1. The molecule has 226 valence electrons. The number of ketones is 1. The van der Waals surface area contributed by atoms with Gasteiger partial charge in [0.15, 0.2) is 0 Å². The number of hydrogen-bond acceptors (Lipinski definition) is 3. The van der Waals surface area contributed by atoms with E-state index in [1.165, 1.54) is 122 Å². The molecule has 0 rings (SSSR count). The minimum Gasteiger partial charge on any atom is -0.330 e. The Morgan fingerprint density at radius 3 is 1.42 bits per heavy atom. The van der Waals surface area contributed by atoms with Gasteiger partial charge in [0.05, 0.1) is 5.41 Å². The monoisotopic (exact) mass is 536 g/mol. The van der Waals surface area contributed by atoms with Crippen LogP contribution in [0.25, 0.3) is 0 Å². The lowest BCUT2D eigenvalue weighted by Gasteiger charge is -2.26. The van der Waals surface area contributed by atoms with E-state index in [2.05, 4.69) is 20.8 Å². The Morgan fingerprint density at radius 1 is 0.605 bits per heavy atom. The van der Waals surface area contributed by atoms with Gasteiger partial charge in [0.25, 0.3) is 0 Å². The fraction of sp³-hybridized carbons (Fsp3) is 0.943. The maximum atomic E-state index is 13.2. The molecule has 0 bridgehead atoms. The highest BCUT2D eigenvalue weighted by Gasteiger charge is 2.36. The van der Waals surface area contributed by atoms with E-state index in [1.807, 2.05) is 0 Å². The maximum Gasteiger partial charge on any atom is 0.146 e. The largest absolute Gasteiger partial charge is 0.330 e. The van der Waals surface area contributed by atoms with E-state index < -0.39 is 5.41 Å². The first-order valence-corrected chi connectivity index (χ1v) is 17.2. The van der Waals surface area contributed by atoms with Gasteiger partial charge in [-0.25, -0.2) is 0 Å². The average molecular weight is 536 g/mol. The van der Waals surface area contributed by atoms with Crippen molar-refractivity contribution < 1.29 is 9.59 Å². The van der Waals surface area contributed by atoms with E-state index in [9.17, 15) is 9.59 Å². The lowest BCUT2D eigenvalue weighted by atomic mass is 9.74. The van der Waals surface area contributed by atoms with Crippen molar-refractivity contribution in [2.45, 2.75) is 194 Å². The fourth-order valence-corrected chi connectivity index (χ4v) is 5.79. The van der Waals surface area contributed by atoms with Gasteiger partial charge >= 0.3 is 0 Å². The Hall–Kier alpha value is -0.700. The van der Waals surface area contributed by atoms with E-state index in [-0.39, 0.29) is 5.78 Å². The summed E-state index contributed by atoms with van der Waals surface area (Å²) in [5.41, 5.74) is 4.98. The van der Waals surface area contributed by atoms with Crippen molar-refractivity contribution in [2.24, 2.45) is 17.1 Å². The number of hydrogen-bond donors (Lipinski definition) is 1. The van der Waals surface area contributed by atoms with Crippen molar-refractivity contribution in [2.75, 3.05) is 6.54 Å². The molecule has 0 spiro atoms. The summed E-state index contributed by atoms with van der Waals surface area (Å²) in [7, 11) is 0.